The van der Waals surface area contributed by atoms with Crippen LogP contribution in [0.5, 0.6) is 0 Å². The molecule has 7 heteroatoms. The lowest BCUT2D eigenvalue weighted by atomic mass is 10.2. The van der Waals surface area contributed by atoms with Gasteiger partial charge in [-0.1, -0.05) is 18.9 Å². The summed E-state index contributed by atoms with van der Waals surface area (Å²) < 4.78 is 0. The van der Waals surface area contributed by atoms with Gasteiger partial charge in [-0.3, -0.25) is 14.9 Å². The zero-order valence-electron chi connectivity index (χ0n) is 12.7. The summed E-state index contributed by atoms with van der Waals surface area (Å²) in [6.07, 6.45) is 5.67. The first-order chi connectivity index (χ1) is 11.2. The molecular formula is C16H19N3O2S2. The number of anilines is 1. The van der Waals surface area contributed by atoms with Gasteiger partial charge in [-0.15, -0.1) is 22.7 Å². The number of thiazole rings is 1. The molecule has 0 aromatic carbocycles. The highest BCUT2D eigenvalue weighted by Gasteiger charge is 2.17. The van der Waals surface area contributed by atoms with Crippen molar-refractivity contribution < 1.29 is 9.59 Å². The van der Waals surface area contributed by atoms with Gasteiger partial charge in [0.2, 0.25) is 5.91 Å². The minimum atomic E-state index is -0.139. The number of nitrogens with zero attached hydrogens (tertiary/aromatic N) is 1. The summed E-state index contributed by atoms with van der Waals surface area (Å²) in [4.78, 5) is 28.9. The van der Waals surface area contributed by atoms with Gasteiger partial charge in [-0.2, -0.15) is 0 Å². The fourth-order valence-electron chi connectivity index (χ4n) is 2.66. The van der Waals surface area contributed by atoms with Crippen LogP contribution in [0.1, 0.15) is 47.5 Å². The predicted octanol–water partition coefficient (Wildman–Crippen LogP) is 3.45. The summed E-state index contributed by atoms with van der Waals surface area (Å²) in [6.45, 7) is 0. The third-order valence-corrected chi connectivity index (χ3v) is 5.52. The highest BCUT2D eigenvalue weighted by atomic mass is 32.1. The number of rotatable bonds is 6. The van der Waals surface area contributed by atoms with Crippen LogP contribution in [0.25, 0.3) is 0 Å². The van der Waals surface area contributed by atoms with Crippen LogP contribution in [0.4, 0.5) is 5.13 Å². The van der Waals surface area contributed by atoms with E-state index in [-0.39, 0.29) is 11.8 Å². The van der Waals surface area contributed by atoms with Crippen LogP contribution < -0.4 is 10.6 Å². The Kier molecular flexibility index (Phi) is 5.40. The second kappa shape index (κ2) is 7.70. The molecule has 0 saturated heterocycles. The van der Waals surface area contributed by atoms with E-state index in [0.717, 1.165) is 18.5 Å². The van der Waals surface area contributed by atoms with Crippen LogP contribution in [0.3, 0.4) is 0 Å². The fraction of sp³-hybridized carbons (Fsp3) is 0.438. The molecule has 2 heterocycles. The first-order valence-corrected chi connectivity index (χ1v) is 9.55. The molecule has 1 aliphatic rings. The van der Waals surface area contributed by atoms with Crippen molar-refractivity contribution in [1.29, 1.82) is 0 Å². The van der Waals surface area contributed by atoms with Crippen molar-refractivity contribution in [3.63, 3.8) is 0 Å². The molecular weight excluding hydrogens is 330 g/mol. The summed E-state index contributed by atoms with van der Waals surface area (Å²) >= 11 is 2.79. The van der Waals surface area contributed by atoms with Gasteiger partial charge < -0.3 is 5.32 Å². The van der Waals surface area contributed by atoms with Gasteiger partial charge in [0.25, 0.3) is 5.91 Å². The Labute approximate surface area is 143 Å². The Morgan fingerprint density at radius 1 is 1.26 bits per heavy atom. The molecule has 122 valence electrons. The molecule has 0 atom stereocenters. The highest BCUT2D eigenvalue weighted by molar-refractivity contribution is 7.14. The molecule has 5 nitrogen and oxygen atoms in total. The average molecular weight is 349 g/mol. The average Bonchev–Trinajstić information content (AvgIpc) is 3.28. The van der Waals surface area contributed by atoms with Crippen molar-refractivity contribution in [3.8, 4) is 0 Å². The van der Waals surface area contributed by atoms with E-state index in [9.17, 15) is 9.59 Å². The first kappa shape index (κ1) is 16.1. The minimum absolute atomic E-state index is 0.0917. The molecule has 23 heavy (non-hydrogen) atoms. The molecule has 2 N–H and O–H groups in total. The number of nitrogens with one attached hydrogen (secondary N) is 2. The topological polar surface area (TPSA) is 71.1 Å². The maximum atomic E-state index is 11.9. The van der Waals surface area contributed by atoms with E-state index in [1.54, 1.807) is 6.07 Å². The van der Waals surface area contributed by atoms with E-state index in [0.29, 0.717) is 28.9 Å². The van der Waals surface area contributed by atoms with Gasteiger partial charge in [0.05, 0.1) is 10.6 Å². The lowest BCUT2D eigenvalue weighted by molar-refractivity contribution is -0.121. The van der Waals surface area contributed by atoms with Gasteiger partial charge in [0, 0.05) is 17.8 Å². The van der Waals surface area contributed by atoms with E-state index >= 15 is 0 Å². The Morgan fingerprint density at radius 2 is 2.09 bits per heavy atom. The van der Waals surface area contributed by atoms with Crippen molar-refractivity contribution in [2.24, 2.45) is 0 Å². The number of carbonyl (C=O) groups is 2. The van der Waals surface area contributed by atoms with Gasteiger partial charge in [-0.25, -0.2) is 4.98 Å². The molecule has 0 unspecified atom stereocenters. The van der Waals surface area contributed by atoms with E-state index in [1.165, 1.54) is 35.5 Å². The van der Waals surface area contributed by atoms with Crippen LogP contribution >= 0.6 is 22.7 Å². The largest absolute Gasteiger partial charge is 0.353 e. The maximum absolute atomic E-state index is 11.9. The summed E-state index contributed by atoms with van der Waals surface area (Å²) in [6, 6.07) is 3.98. The molecule has 2 aromatic rings. The molecule has 2 amide bonds. The van der Waals surface area contributed by atoms with Crippen LogP contribution in [-0.4, -0.2) is 22.8 Å². The molecule has 0 spiro atoms. The lowest BCUT2D eigenvalue weighted by Gasteiger charge is -2.11. The van der Waals surface area contributed by atoms with E-state index in [1.807, 2.05) is 16.8 Å². The quantitative estimate of drug-likeness (QED) is 0.839. The Hall–Kier alpha value is -1.73. The lowest BCUT2D eigenvalue weighted by Crippen LogP contribution is -2.32. The smallest absolute Gasteiger partial charge is 0.267 e. The predicted molar refractivity (Wildman–Crippen MR) is 93.1 cm³/mol. The van der Waals surface area contributed by atoms with Crippen LogP contribution in [-0.2, 0) is 11.2 Å². The number of carbonyl (C=O) groups excluding carboxylic acids is 2. The Bertz CT molecular complexity index is 661. The van der Waals surface area contributed by atoms with Crippen molar-refractivity contribution in [3.05, 3.63) is 33.5 Å². The third-order valence-electron chi connectivity index (χ3n) is 3.85. The van der Waals surface area contributed by atoms with Gasteiger partial charge in [0.15, 0.2) is 5.13 Å². The Balaban J connectivity index is 1.45. The molecule has 1 fully saturated rings. The zero-order valence-corrected chi connectivity index (χ0v) is 14.3. The third kappa shape index (κ3) is 4.62. The van der Waals surface area contributed by atoms with Gasteiger partial charge >= 0.3 is 0 Å². The van der Waals surface area contributed by atoms with E-state index in [2.05, 4.69) is 15.6 Å². The fourth-order valence-corrected chi connectivity index (χ4v) is 4.02. The number of aromatic nitrogens is 1. The molecule has 0 radical (unpaired) electrons. The number of hydrogen-bond acceptors (Lipinski definition) is 5. The van der Waals surface area contributed by atoms with Gasteiger partial charge in [0.1, 0.15) is 0 Å². The van der Waals surface area contributed by atoms with Gasteiger partial charge in [-0.05, 0) is 30.7 Å². The zero-order chi connectivity index (χ0) is 16.1. The molecule has 1 aliphatic carbocycles. The molecule has 1 saturated carbocycles. The number of hydrogen-bond donors (Lipinski definition) is 2. The van der Waals surface area contributed by atoms with E-state index in [4.69, 9.17) is 0 Å². The van der Waals surface area contributed by atoms with E-state index < -0.39 is 0 Å². The summed E-state index contributed by atoms with van der Waals surface area (Å²) in [5, 5.41) is 10.2. The second-order valence-electron chi connectivity index (χ2n) is 5.62. The first-order valence-electron chi connectivity index (χ1n) is 7.79. The van der Waals surface area contributed by atoms with Crippen LogP contribution in [0, 0.1) is 0 Å². The van der Waals surface area contributed by atoms with Crippen molar-refractivity contribution >= 4 is 39.6 Å². The number of amides is 2. The highest BCUT2D eigenvalue weighted by Crippen LogP contribution is 2.20. The molecule has 0 aliphatic heterocycles. The number of aryl methyl sites for hydroxylation is 1. The van der Waals surface area contributed by atoms with Crippen molar-refractivity contribution in [1.82, 2.24) is 10.3 Å². The van der Waals surface area contributed by atoms with Crippen LogP contribution in [0.2, 0.25) is 0 Å². The standard InChI is InChI=1S/C16H19N3O2S2/c20-14(17-11-4-1-2-5-11)8-7-12-10-23-16(18-12)19-15(21)13-6-3-9-22-13/h3,6,9-11H,1-2,4-5,7-8H2,(H,17,20)(H,18,19,21). The SMILES string of the molecule is O=C(CCc1csc(NC(=O)c2cccs2)n1)NC1CCCC1. The molecule has 2 aromatic heterocycles. The Morgan fingerprint density at radius 3 is 2.83 bits per heavy atom. The maximum Gasteiger partial charge on any atom is 0.267 e. The molecule has 0 bridgehead atoms. The number of thiophene rings is 1. The summed E-state index contributed by atoms with van der Waals surface area (Å²) in [5.74, 6) is -0.0473. The normalized spacial score (nSPS) is 14.8. The molecule has 3 rings (SSSR count). The van der Waals surface area contributed by atoms with Crippen LogP contribution in [0.15, 0.2) is 22.9 Å². The van der Waals surface area contributed by atoms with Crippen molar-refractivity contribution in [2.45, 2.75) is 44.6 Å². The minimum Gasteiger partial charge on any atom is -0.353 e. The second-order valence-corrected chi connectivity index (χ2v) is 7.43. The summed E-state index contributed by atoms with van der Waals surface area (Å²) in [5.41, 5.74) is 0.845. The summed E-state index contributed by atoms with van der Waals surface area (Å²) in [7, 11) is 0. The monoisotopic (exact) mass is 349 g/mol. The van der Waals surface area contributed by atoms with Crippen molar-refractivity contribution in [2.75, 3.05) is 5.32 Å².